The molecular weight excluding hydrogens is 367 g/mol. The molecule has 4 rings (SSSR count). The summed E-state index contributed by atoms with van der Waals surface area (Å²) in [5.41, 5.74) is 4.46. The first kappa shape index (κ1) is 17.4. The minimum absolute atomic E-state index is 0.143. The molecule has 0 saturated carbocycles. The van der Waals surface area contributed by atoms with Crippen molar-refractivity contribution in [1.82, 2.24) is 10.3 Å². The largest absolute Gasteiger partial charge is 0.497 e. The summed E-state index contributed by atoms with van der Waals surface area (Å²) in [7, 11) is 1.59. The number of rotatable bonds is 4. The third-order valence-electron chi connectivity index (χ3n) is 4.22. The van der Waals surface area contributed by atoms with Crippen LogP contribution in [-0.2, 0) is 10.5 Å². The van der Waals surface area contributed by atoms with E-state index in [0.29, 0.717) is 16.7 Å². The number of methoxy groups -OCH3 is 1. The second-order valence-corrected chi connectivity index (χ2v) is 6.90. The van der Waals surface area contributed by atoms with Crippen LogP contribution in [0.1, 0.15) is 5.56 Å². The third kappa shape index (κ3) is 3.48. The van der Waals surface area contributed by atoms with Gasteiger partial charge in [0.15, 0.2) is 5.17 Å². The zero-order valence-electron chi connectivity index (χ0n) is 14.5. The van der Waals surface area contributed by atoms with Gasteiger partial charge in [-0.1, -0.05) is 30.0 Å². The molecule has 0 radical (unpaired) electrons. The van der Waals surface area contributed by atoms with Gasteiger partial charge in [-0.25, -0.2) is 4.39 Å². The molecule has 1 unspecified atom stereocenters. The fraction of sp³-hybridized carbons (Fsp3) is 0.158. The van der Waals surface area contributed by atoms with Gasteiger partial charge in [-0.05, 0) is 29.8 Å². The summed E-state index contributed by atoms with van der Waals surface area (Å²) < 4.78 is 18.5. The molecule has 2 aliphatic heterocycles. The van der Waals surface area contributed by atoms with Crippen LogP contribution in [0, 0.1) is 5.82 Å². The van der Waals surface area contributed by atoms with E-state index in [1.54, 1.807) is 35.2 Å². The van der Waals surface area contributed by atoms with Crippen molar-refractivity contribution < 1.29 is 13.9 Å². The SMILES string of the molecule is COc1cccc(N2C=CN3C(SCc4cccc(F)c4)=NNC3C2=O)c1. The number of anilines is 1. The first-order valence-electron chi connectivity index (χ1n) is 8.30. The summed E-state index contributed by atoms with van der Waals surface area (Å²) in [5.74, 6) is 0.830. The third-order valence-corrected chi connectivity index (χ3v) is 5.26. The molecule has 2 aromatic carbocycles. The molecule has 0 fully saturated rings. The predicted octanol–water partition coefficient (Wildman–Crippen LogP) is 3.09. The zero-order chi connectivity index (χ0) is 18.8. The number of amidine groups is 1. The molecule has 0 saturated heterocycles. The highest BCUT2D eigenvalue weighted by Crippen LogP contribution is 2.28. The van der Waals surface area contributed by atoms with Gasteiger partial charge in [-0.2, -0.15) is 5.10 Å². The normalized spacial score (nSPS) is 18.2. The molecule has 1 atom stereocenters. The Bertz CT molecular complexity index is 933. The van der Waals surface area contributed by atoms with Crippen molar-refractivity contribution in [3.05, 3.63) is 72.3 Å². The minimum atomic E-state index is -0.601. The molecule has 138 valence electrons. The number of carbonyl (C=O) groups excluding carboxylic acids is 1. The van der Waals surface area contributed by atoms with Crippen molar-refractivity contribution >= 4 is 28.5 Å². The lowest BCUT2D eigenvalue weighted by molar-refractivity contribution is -0.122. The van der Waals surface area contributed by atoms with Gasteiger partial charge >= 0.3 is 0 Å². The van der Waals surface area contributed by atoms with Gasteiger partial charge in [0.2, 0.25) is 6.17 Å². The Morgan fingerprint density at radius 2 is 2.07 bits per heavy atom. The van der Waals surface area contributed by atoms with E-state index in [-0.39, 0.29) is 11.7 Å². The van der Waals surface area contributed by atoms with Crippen LogP contribution >= 0.6 is 11.8 Å². The fourth-order valence-corrected chi connectivity index (χ4v) is 3.78. The Morgan fingerprint density at radius 3 is 2.89 bits per heavy atom. The number of amides is 1. The quantitative estimate of drug-likeness (QED) is 0.878. The number of nitrogens with one attached hydrogen (secondary N) is 1. The zero-order valence-corrected chi connectivity index (χ0v) is 15.3. The number of benzene rings is 2. The van der Waals surface area contributed by atoms with Crippen LogP contribution in [-0.4, -0.2) is 29.3 Å². The van der Waals surface area contributed by atoms with E-state index in [1.807, 2.05) is 30.5 Å². The van der Waals surface area contributed by atoms with Gasteiger partial charge in [-0.3, -0.25) is 20.0 Å². The van der Waals surface area contributed by atoms with E-state index in [9.17, 15) is 9.18 Å². The molecule has 2 aliphatic rings. The average molecular weight is 384 g/mol. The Labute approximate surface area is 160 Å². The highest BCUT2D eigenvalue weighted by Gasteiger charge is 2.38. The van der Waals surface area contributed by atoms with Gasteiger partial charge in [0, 0.05) is 24.2 Å². The van der Waals surface area contributed by atoms with Gasteiger partial charge < -0.3 is 4.74 Å². The molecule has 1 N–H and O–H groups in total. The number of fused-ring (bicyclic) bond motifs is 1. The highest BCUT2D eigenvalue weighted by molar-refractivity contribution is 8.13. The average Bonchev–Trinajstić information content (AvgIpc) is 3.11. The van der Waals surface area contributed by atoms with Gasteiger partial charge in [0.05, 0.1) is 12.8 Å². The van der Waals surface area contributed by atoms with Crippen molar-refractivity contribution in [2.45, 2.75) is 11.9 Å². The van der Waals surface area contributed by atoms with Gasteiger partial charge in [0.1, 0.15) is 11.6 Å². The second-order valence-electron chi connectivity index (χ2n) is 5.96. The number of hydrogen-bond acceptors (Lipinski definition) is 6. The molecule has 6 nitrogen and oxygen atoms in total. The van der Waals surface area contributed by atoms with Crippen LogP contribution in [0.5, 0.6) is 5.75 Å². The minimum Gasteiger partial charge on any atom is -0.497 e. The van der Waals surface area contributed by atoms with Crippen LogP contribution in [0.4, 0.5) is 10.1 Å². The van der Waals surface area contributed by atoms with E-state index < -0.39 is 6.17 Å². The van der Waals surface area contributed by atoms with Gasteiger partial charge in [0.25, 0.3) is 5.91 Å². The van der Waals surface area contributed by atoms with Crippen molar-refractivity contribution in [3.8, 4) is 5.75 Å². The molecule has 2 aromatic rings. The number of halogens is 1. The lowest BCUT2D eigenvalue weighted by atomic mass is 10.2. The number of hydrazone groups is 1. The fourth-order valence-electron chi connectivity index (χ4n) is 2.87. The predicted molar refractivity (Wildman–Crippen MR) is 104 cm³/mol. The maximum Gasteiger partial charge on any atom is 0.276 e. The van der Waals surface area contributed by atoms with E-state index in [2.05, 4.69) is 10.5 Å². The van der Waals surface area contributed by atoms with Crippen molar-refractivity contribution in [1.29, 1.82) is 0 Å². The van der Waals surface area contributed by atoms with Gasteiger partial charge in [-0.15, -0.1) is 0 Å². The first-order chi connectivity index (χ1) is 13.2. The van der Waals surface area contributed by atoms with Crippen molar-refractivity contribution in [3.63, 3.8) is 0 Å². The smallest absolute Gasteiger partial charge is 0.276 e. The summed E-state index contributed by atoms with van der Waals surface area (Å²) >= 11 is 1.44. The number of carbonyl (C=O) groups is 1. The molecule has 2 heterocycles. The maximum absolute atomic E-state index is 13.3. The summed E-state index contributed by atoms with van der Waals surface area (Å²) in [5, 5.41) is 4.93. The van der Waals surface area contributed by atoms with Crippen LogP contribution < -0.4 is 15.1 Å². The molecular formula is C19H17FN4O2S. The number of hydrogen-bond donors (Lipinski definition) is 1. The van der Waals surface area contributed by atoms with E-state index in [1.165, 1.54) is 23.9 Å². The summed E-state index contributed by atoms with van der Waals surface area (Å²) in [6, 6.07) is 13.8. The maximum atomic E-state index is 13.3. The molecule has 0 spiro atoms. The Hall–Kier alpha value is -3.00. The van der Waals surface area contributed by atoms with Crippen LogP contribution in [0.15, 0.2) is 66.0 Å². The van der Waals surface area contributed by atoms with Crippen LogP contribution in [0.25, 0.3) is 0 Å². The Balaban J connectivity index is 1.48. The number of thioether (sulfide) groups is 1. The first-order valence-corrected chi connectivity index (χ1v) is 9.28. The van der Waals surface area contributed by atoms with E-state index in [4.69, 9.17) is 4.74 Å². The Morgan fingerprint density at radius 1 is 1.22 bits per heavy atom. The molecule has 27 heavy (non-hydrogen) atoms. The van der Waals surface area contributed by atoms with Crippen molar-refractivity contribution in [2.24, 2.45) is 5.10 Å². The number of nitrogens with zero attached hydrogens (tertiary/aromatic N) is 3. The summed E-state index contributed by atoms with van der Waals surface area (Å²) in [6.07, 6.45) is 2.91. The molecule has 0 bridgehead atoms. The highest BCUT2D eigenvalue weighted by atomic mass is 32.2. The number of ether oxygens (including phenoxy) is 1. The molecule has 1 amide bonds. The monoisotopic (exact) mass is 384 g/mol. The second kappa shape index (κ2) is 7.32. The summed E-state index contributed by atoms with van der Waals surface area (Å²) in [6.45, 7) is 0. The lowest BCUT2D eigenvalue weighted by Gasteiger charge is -2.32. The molecule has 0 aromatic heterocycles. The topological polar surface area (TPSA) is 57.2 Å². The van der Waals surface area contributed by atoms with Crippen LogP contribution in [0.3, 0.4) is 0 Å². The molecule has 0 aliphatic carbocycles. The lowest BCUT2D eigenvalue weighted by Crippen LogP contribution is -2.52. The Kier molecular flexibility index (Phi) is 4.72. The van der Waals surface area contributed by atoms with Crippen LogP contribution in [0.2, 0.25) is 0 Å². The summed E-state index contributed by atoms with van der Waals surface area (Å²) in [4.78, 5) is 16.2. The standard InChI is InChI=1S/C19H17FN4O2S/c1-26-16-7-3-6-15(11-16)23-8-9-24-17(18(23)25)21-22-19(24)27-12-13-4-2-5-14(20)10-13/h2-11,17,21H,12H2,1H3. The van der Waals surface area contributed by atoms with Crippen molar-refractivity contribution in [2.75, 3.05) is 12.0 Å². The van der Waals surface area contributed by atoms with E-state index in [0.717, 1.165) is 11.3 Å². The van der Waals surface area contributed by atoms with E-state index >= 15 is 0 Å². The molecule has 8 heteroatoms.